The molecule has 0 saturated heterocycles. The number of thiophene rings is 2. The van der Waals surface area contributed by atoms with Crippen LogP contribution < -0.4 is 0 Å². The lowest BCUT2D eigenvalue weighted by Gasteiger charge is -2.22. The van der Waals surface area contributed by atoms with Gasteiger partial charge in [0.2, 0.25) is 0 Å². The summed E-state index contributed by atoms with van der Waals surface area (Å²) < 4.78 is 5.31. The first-order valence-electron chi connectivity index (χ1n) is 17.0. The van der Waals surface area contributed by atoms with Crippen LogP contribution >= 0.6 is 22.7 Å². The highest BCUT2D eigenvalue weighted by atomic mass is 32.1. The van der Waals surface area contributed by atoms with E-state index in [-0.39, 0.29) is 11.8 Å². The molecule has 2 aliphatic rings. The molecule has 230 valence electrons. The molecule has 11 rings (SSSR count). The Morgan fingerprint density at radius 3 is 2.02 bits per heavy atom. The van der Waals surface area contributed by atoms with Crippen LogP contribution in [0.5, 0.6) is 0 Å². The molecule has 1 nitrogen and oxygen atoms in total. The standard InChI is InChI=1S/C46H29NS2/c1-26-22-38(46(47-39-15-7-4-11-29(26)39)28-19-20-33-31-13-5-8-16-40(31)48-42(33)23-28)45-37-25-43-36(32-14-6-9-17-41(32)49-43)24-35(37)34-21-18-27-10-2-3-12-30(27)44(34)45/h2-26,45H,1H3. The normalized spacial score (nSPS) is 16.9. The van der Waals surface area contributed by atoms with Gasteiger partial charge < -0.3 is 0 Å². The Labute approximate surface area is 292 Å². The topological polar surface area (TPSA) is 12.4 Å². The predicted octanol–water partition coefficient (Wildman–Crippen LogP) is 13.6. The highest BCUT2D eigenvalue weighted by molar-refractivity contribution is 7.26. The number of aliphatic imine (C=N–C) groups is 1. The number of nitrogens with zero attached hydrogens (tertiary/aromatic N) is 1. The van der Waals surface area contributed by atoms with Crippen molar-refractivity contribution in [3.8, 4) is 11.1 Å². The van der Waals surface area contributed by atoms with Crippen LogP contribution in [0, 0.1) is 0 Å². The van der Waals surface area contributed by atoms with Crippen molar-refractivity contribution < 1.29 is 0 Å². The van der Waals surface area contributed by atoms with Gasteiger partial charge in [0.1, 0.15) is 0 Å². The third-order valence-corrected chi connectivity index (χ3v) is 13.0. The first-order valence-corrected chi connectivity index (χ1v) is 18.6. The van der Waals surface area contributed by atoms with E-state index in [9.17, 15) is 0 Å². The zero-order chi connectivity index (χ0) is 32.2. The van der Waals surface area contributed by atoms with E-state index in [1.165, 1.54) is 90.1 Å². The average molecular weight is 660 g/mol. The van der Waals surface area contributed by atoms with Gasteiger partial charge in [-0.3, -0.25) is 0 Å². The molecular formula is C46H29NS2. The summed E-state index contributed by atoms with van der Waals surface area (Å²) in [5, 5.41) is 7.93. The number of para-hydroxylation sites is 1. The fourth-order valence-corrected chi connectivity index (χ4v) is 10.8. The lowest BCUT2D eigenvalue weighted by Crippen LogP contribution is -2.13. The summed E-state index contributed by atoms with van der Waals surface area (Å²) in [7, 11) is 0. The predicted molar refractivity (Wildman–Crippen MR) is 213 cm³/mol. The summed E-state index contributed by atoms with van der Waals surface area (Å²) in [6, 6.07) is 51.9. The fourth-order valence-electron chi connectivity index (χ4n) is 8.51. The van der Waals surface area contributed by atoms with Crippen LogP contribution in [0.15, 0.2) is 156 Å². The van der Waals surface area contributed by atoms with E-state index in [0.29, 0.717) is 0 Å². The Balaban J connectivity index is 1.22. The van der Waals surface area contributed by atoms with Crippen molar-refractivity contribution in [2.45, 2.75) is 18.8 Å². The molecule has 0 N–H and O–H groups in total. The summed E-state index contributed by atoms with van der Waals surface area (Å²) >= 11 is 3.78. The van der Waals surface area contributed by atoms with Gasteiger partial charge in [-0.25, -0.2) is 4.99 Å². The fraction of sp³-hybridized carbons (Fsp3) is 0.0652. The summed E-state index contributed by atoms with van der Waals surface area (Å²) in [5.74, 6) is 0.246. The number of fused-ring (bicyclic) bond motifs is 12. The Kier molecular flexibility index (Phi) is 5.81. The quantitative estimate of drug-likeness (QED) is 0.175. The van der Waals surface area contributed by atoms with Crippen molar-refractivity contribution in [1.82, 2.24) is 0 Å². The van der Waals surface area contributed by atoms with Crippen LogP contribution in [-0.4, -0.2) is 5.71 Å². The van der Waals surface area contributed by atoms with Crippen molar-refractivity contribution in [3.05, 3.63) is 173 Å². The molecule has 3 heterocycles. The molecule has 3 heteroatoms. The maximum atomic E-state index is 5.63. The summed E-state index contributed by atoms with van der Waals surface area (Å²) in [6.45, 7) is 2.33. The molecule has 7 aromatic carbocycles. The van der Waals surface area contributed by atoms with E-state index in [2.05, 4.69) is 153 Å². The molecule has 2 aromatic heterocycles. The molecule has 0 fully saturated rings. The van der Waals surface area contributed by atoms with Gasteiger partial charge >= 0.3 is 0 Å². The first kappa shape index (κ1) is 27.6. The van der Waals surface area contributed by atoms with E-state index in [0.717, 1.165) is 11.4 Å². The summed E-state index contributed by atoms with van der Waals surface area (Å²) in [6.07, 6.45) is 2.53. The van der Waals surface area contributed by atoms with Gasteiger partial charge in [-0.2, -0.15) is 0 Å². The maximum Gasteiger partial charge on any atom is 0.0748 e. The number of rotatable bonds is 2. The van der Waals surface area contributed by atoms with Crippen molar-refractivity contribution >= 4 is 85.2 Å². The highest BCUT2D eigenvalue weighted by Crippen LogP contribution is 2.55. The minimum atomic E-state index is 0.0410. The van der Waals surface area contributed by atoms with Crippen LogP contribution in [0.2, 0.25) is 0 Å². The molecule has 1 aliphatic carbocycles. The SMILES string of the molecule is CC1C=C(C2c3cc4sc5ccccc5c4cc3-c3ccc4ccccc4c32)C(c2ccc3c(c2)sc2ccccc23)=Nc2ccccc21. The van der Waals surface area contributed by atoms with E-state index >= 15 is 0 Å². The number of hydrogen-bond acceptors (Lipinski definition) is 3. The van der Waals surface area contributed by atoms with Gasteiger partial charge in [-0.1, -0.05) is 116 Å². The number of benzene rings is 7. The summed E-state index contributed by atoms with van der Waals surface area (Å²) in [4.78, 5) is 5.63. The Hall–Kier alpha value is -5.35. The van der Waals surface area contributed by atoms with E-state index in [4.69, 9.17) is 4.99 Å². The molecule has 0 bridgehead atoms. The lowest BCUT2D eigenvalue weighted by atomic mass is 9.81. The minimum absolute atomic E-state index is 0.0410. The average Bonchev–Trinajstić information content (AvgIpc) is 3.77. The molecule has 1 aliphatic heterocycles. The third-order valence-electron chi connectivity index (χ3n) is 10.7. The molecule has 0 radical (unpaired) electrons. The zero-order valence-corrected chi connectivity index (χ0v) is 28.4. The van der Waals surface area contributed by atoms with Crippen molar-refractivity contribution in [2.75, 3.05) is 0 Å². The van der Waals surface area contributed by atoms with Gasteiger partial charge in [0.05, 0.1) is 11.4 Å². The second-order valence-electron chi connectivity index (χ2n) is 13.5. The molecule has 0 amide bonds. The second kappa shape index (κ2) is 10.3. The third kappa shape index (κ3) is 4.01. The molecule has 49 heavy (non-hydrogen) atoms. The molecular weight excluding hydrogens is 631 g/mol. The van der Waals surface area contributed by atoms with Gasteiger partial charge in [0, 0.05) is 57.7 Å². The molecule has 0 saturated carbocycles. The van der Waals surface area contributed by atoms with Crippen LogP contribution in [-0.2, 0) is 0 Å². The number of allylic oxidation sites excluding steroid dienone is 2. The zero-order valence-electron chi connectivity index (χ0n) is 26.8. The van der Waals surface area contributed by atoms with E-state index < -0.39 is 0 Å². The smallest absolute Gasteiger partial charge is 0.0748 e. The monoisotopic (exact) mass is 659 g/mol. The van der Waals surface area contributed by atoms with Crippen molar-refractivity contribution in [3.63, 3.8) is 0 Å². The molecule has 2 unspecified atom stereocenters. The van der Waals surface area contributed by atoms with Crippen LogP contribution in [0.25, 0.3) is 62.2 Å². The van der Waals surface area contributed by atoms with Gasteiger partial charge in [0.15, 0.2) is 0 Å². The minimum Gasteiger partial charge on any atom is -0.248 e. The van der Waals surface area contributed by atoms with Crippen molar-refractivity contribution in [2.24, 2.45) is 4.99 Å². The Bertz CT molecular complexity index is 2920. The molecule has 0 spiro atoms. The Morgan fingerprint density at radius 1 is 0.510 bits per heavy atom. The van der Waals surface area contributed by atoms with Crippen LogP contribution in [0.3, 0.4) is 0 Å². The van der Waals surface area contributed by atoms with E-state index in [1.807, 2.05) is 22.7 Å². The number of hydrogen-bond donors (Lipinski definition) is 0. The van der Waals surface area contributed by atoms with Gasteiger partial charge in [-0.15, -0.1) is 22.7 Å². The molecule has 2 atom stereocenters. The first-order chi connectivity index (χ1) is 24.2. The second-order valence-corrected chi connectivity index (χ2v) is 15.6. The van der Waals surface area contributed by atoms with Crippen LogP contribution in [0.1, 0.15) is 41.0 Å². The summed E-state index contributed by atoms with van der Waals surface area (Å²) in [5.41, 5.74) is 11.3. The van der Waals surface area contributed by atoms with E-state index in [1.54, 1.807) is 0 Å². The van der Waals surface area contributed by atoms with Crippen LogP contribution in [0.4, 0.5) is 5.69 Å². The lowest BCUT2D eigenvalue weighted by molar-refractivity contribution is 0.939. The largest absolute Gasteiger partial charge is 0.248 e. The molecule has 9 aromatic rings. The maximum absolute atomic E-state index is 5.63. The van der Waals surface area contributed by atoms with Gasteiger partial charge in [-0.05, 0) is 80.6 Å². The van der Waals surface area contributed by atoms with Crippen molar-refractivity contribution in [1.29, 1.82) is 0 Å². The Morgan fingerprint density at radius 2 is 1.18 bits per heavy atom. The van der Waals surface area contributed by atoms with Gasteiger partial charge in [0.25, 0.3) is 0 Å². The highest BCUT2D eigenvalue weighted by Gasteiger charge is 2.37.